The molecule has 2 heterocycles. The van der Waals surface area contributed by atoms with Crippen molar-refractivity contribution in [3.05, 3.63) is 22.4 Å². The molecule has 0 spiro atoms. The zero-order valence-corrected chi connectivity index (χ0v) is 12.3. The molecule has 0 bridgehead atoms. The monoisotopic (exact) mass is 281 g/mol. The van der Waals surface area contributed by atoms with Crippen molar-refractivity contribution in [3.8, 4) is 0 Å². The summed E-state index contributed by atoms with van der Waals surface area (Å²) in [5.41, 5.74) is 0. The lowest BCUT2D eigenvalue weighted by atomic mass is 10.1. The maximum absolute atomic E-state index is 11.9. The predicted octanol–water partition coefficient (Wildman–Crippen LogP) is 1.44. The third-order valence-corrected chi connectivity index (χ3v) is 4.48. The molecule has 0 aliphatic carbocycles. The number of rotatable bonds is 5. The normalized spacial score (nSPS) is 20.2. The fourth-order valence-corrected chi connectivity index (χ4v) is 3.10. The van der Waals surface area contributed by atoms with Crippen LogP contribution in [-0.4, -0.2) is 43.5 Å². The number of hydrogen-bond donors (Lipinski definition) is 2. The number of thiophene rings is 1. The fraction of sp³-hybridized carbons (Fsp3) is 0.643. The average Bonchev–Trinajstić information content (AvgIpc) is 2.76. The van der Waals surface area contributed by atoms with E-state index in [0.29, 0.717) is 19.1 Å². The lowest BCUT2D eigenvalue weighted by molar-refractivity contribution is -0.122. The molecule has 1 amide bonds. The minimum Gasteiger partial charge on any atom is -0.350 e. The van der Waals surface area contributed by atoms with Gasteiger partial charge >= 0.3 is 0 Å². The van der Waals surface area contributed by atoms with Gasteiger partial charge in [-0.25, -0.2) is 0 Å². The minimum atomic E-state index is 0.119. The number of nitrogens with one attached hydrogen (secondary N) is 2. The third-order valence-electron chi connectivity index (χ3n) is 3.60. The van der Waals surface area contributed by atoms with Crippen LogP contribution in [0.15, 0.2) is 17.5 Å². The maximum Gasteiger partial charge on any atom is 0.234 e. The molecule has 1 aliphatic heterocycles. The van der Waals surface area contributed by atoms with Gasteiger partial charge in [0.1, 0.15) is 0 Å². The van der Waals surface area contributed by atoms with Gasteiger partial charge in [-0.1, -0.05) is 6.07 Å². The van der Waals surface area contributed by atoms with Crippen molar-refractivity contribution in [3.63, 3.8) is 0 Å². The van der Waals surface area contributed by atoms with Crippen molar-refractivity contribution in [1.82, 2.24) is 15.5 Å². The molecule has 1 unspecified atom stereocenters. The van der Waals surface area contributed by atoms with Crippen molar-refractivity contribution in [2.45, 2.75) is 31.8 Å². The van der Waals surface area contributed by atoms with Crippen molar-refractivity contribution in [2.75, 3.05) is 26.7 Å². The van der Waals surface area contributed by atoms with E-state index in [0.717, 1.165) is 19.5 Å². The smallest absolute Gasteiger partial charge is 0.234 e. The molecule has 1 fully saturated rings. The summed E-state index contributed by atoms with van der Waals surface area (Å²) in [6, 6.07) is 4.59. The number of carbonyl (C=O) groups is 1. The molecule has 106 valence electrons. The standard InChI is InChI=1S/C14H23N3OS/c1-17(12-4-2-7-15-8-6-12)11-14(18)16-10-13-5-3-9-19-13/h3,5,9,12,15H,2,4,6-8,10-11H2,1H3,(H,16,18). The second-order valence-electron chi connectivity index (χ2n) is 5.11. The summed E-state index contributed by atoms with van der Waals surface area (Å²) in [7, 11) is 2.06. The first-order valence-electron chi connectivity index (χ1n) is 6.96. The SMILES string of the molecule is CN(CC(=O)NCc1cccs1)C1CCCNCC1. The van der Waals surface area contributed by atoms with Gasteiger partial charge in [0.25, 0.3) is 0 Å². The van der Waals surface area contributed by atoms with E-state index in [9.17, 15) is 4.79 Å². The van der Waals surface area contributed by atoms with E-state index in [1.165, 1.54) is 17.7 Å². The Kier molecular flexibility index (Phi) is 5.82. The Bertz CT molecular complexity index is 372. The second kappa shape index (κ2) is 7.62. The highest BCUT2D eigenvalue weighted by molar-refractivity contribution is 7.09. The molecule has 1 atom stereocenters. The minimum absolute atomic E-state index is 0.119. The Morgan fingerprint density at radius 3 is 3.21 bits per heavy atom. The topological polar surface area (TPSA) is 44.4 Å². The van der Waals surface area contributed by atoms with Crippen molar-refractivity contribution < 1.29 is 4.79 Å². The van der Waals surface area contributed by atoms with Crippen LogP contribution in [0.1, 0.15) is 24.1 Å². The molecule has 4 nitrogen and oxygen atoms in total. The highest BCUT2D eigenvalue weighted by Crippen LogP contribution is 2.11. The van der Waals surface area contributed by atoms with E-state index >= 15 is 0 Å². The van der Waals surface area contributed by atoms with Crippen molar-refractivity contribution in [1.29, 1.82) is 0 Å². The van der Waals surface area contributed by atoms with Crippen LogP contribution in [0.25, 0.3) is 0 Å². The van der Waals surface area contributed by atoms with Crippen LogP contribution in [0.3, 0.4) is 0 Å². The summed E-state index contributed by atoms with van der Waals surface area (Å²) in [5.74, 6) is 0.119. The molecular weight excluding hydrogens is 258 g/mol. The Morgan fingerprint density at radius 2 is 2.42 bits per heavy atom. The van der Waals surface area contributed by atoms with Crippen LogP contribution in [0, 0.1) is 0 Å². The lowest BCUT2D eigenvalue weighted by Gasteiger charge is -2.26. The maximum atomic E-state index is 11.9. The number of amides is 1. The van der Waals surface area contributed by atoms with Gasteiger partial charge in [0, 0.05) is 10.9 Å². The molecule has 0 aromatic carbocycles. The van der Waals surface area contributed by atoms with Crippen LogP contribution >= 0.6 is 11.3 Å². The lowest BCUT2D eigenvalue weighted by Crippen LogP contribution is -2.40. The average molecular weight is 281 g/mol. The van der Waals surface area contributed by atoms with Gasteiger partial charge in [-0.3, -0.25) is 9.69 Å². The summed E-state index contributed by atoms with van der Waals surface area (Å²) in [4.78, 5) is 15.3. The van der Waals surface area contributed by atoms with Gasteiger partial charge in [0.05, 0.1) is 13.1 Å². The second-order valence-corrected chi connectivity index (χ2v) is 6.14. The summed E-state index contributed by atoms with van der Waals surface area (Å²) < 4.78 is 0. The highest BCUT2D eigenvalue weighted by atomic mass is 32.1. The molecule has 19 heavy (non-hydrogen) atoms. The van der Waals surface area contributed by atoms with Gasteiger partial charge < -0.3 is 10.6 Å². The molecule has 5 heteroatoms. The number of carbonyl (C=O) groups excluding carboxylic acids is 1. The summed E-state index contributed by atoms with van der Waals surface area (Å²) in [6.07, 6.45) is 3.52. The van der Waals surface area contributed by atoms with E-state index in [1.807, 2.05) is 17.5 Å². The Balaban J connectivity index is 1.71. The number of nitrogens with zero attached hydrogens (tertiary/aromatic N) is 1. The number of likely N-dealkylation sites (N-methyl/N-ethyl adjacent to an activating group) is 1. The van der Waals surface area contributed by atoms with E-state index in [-0.39, 0.29) is 5.91 Å². The first-order chi connectivity index (χ1) is 9.25. The van der Waals surface area contributed by atoms with Crippen LogP contribution in [0.2, 0.25) is 0 Å². The molecule has 2 N–H and O–H groups in total. The van der Waals surface area contributed by atoms with Crippen LogP contribution in [0.5, 0.6) is 0 Å². The Hall–Kier alpha value is -0.910. The third kappa shape index (κ3) is 4.93. The molecule has 1 aromatic heterocycles. The van der Waals surface area contributed by atoms with E-state index in [4.69, 9.17) is 0 Å². The number of hydrogen-bond acceptors (Lipinski definition) is 4. The summed E-state index contributed by atoms with van der Waals surface area (Å²) >= 11 is 1.68. The highest BCUT2D eigenvalue weighted by Gasteiger charge is 2.18. The van der Waals surface area contributed by atoms with E-state index in [2.05, 4.69) is 22.6 Å². The Labute approximate surface area is 119 Å². The summed E-state index contributed by atoms with van der Waals surface area (Å²) in [5, 5.41) is 8.42. The molecule has 1 saturated heterocycles. The fourth-order valence-electron chi connectivity index (χ4n) is 2.45. The van der Waals surface area contributed by atoms with Gasteiger partial charge in [0.15, 0.2) is 0 Å². The quantitative estimate of drug-likeness (QED) is 0.858. The largest absolute Gasteiger partial charge is 0.350 e. The van der Waals surface area contributed by atoms with Gasteiger partial charge in [-0.2, -0.15) is 0 Å². The van der Waals surface area contributed by atoms with Gasteiger partial charge in [-0.05, 0) is 50.8 Å². The summed E-state index contributed by atoms with van der Waals surface area (Å²) in [6.45, 7) is 3.31. The molecule has 0 radical (unpaired) electrons. The molecule has 2 rings (SSSR count). The first-order valence-corrected chi connectivity index (χ1v) is 7.83. The van der Waals surface area contributed by atoms with Gasteiger partial charge in [-0.15, -0.1) is 11.3 Å². The molecule has 0 saturated carbocycles. The van der Waals surface area contributed by atoms with Crippen molar-refractivity contribution in [2.24, 2.45) is 0 Å². The zero-order chi connectivity index (χ0) is 13.5. The first kappa shape index (κ1) is 14.5. The van der Waals surface area contributed by atoms with E-state index in [1.54, 1.807) is 11.3 Å². The molecule has 1 aromatic rings. The molecular formula is C14H23N3OS. The van der Waals surface area contributed by atoms with Crippen molar-refractivity contribution >= 4 is 17.2 Å². The molecule has 1 aliphatic rings. The van der Waals surface area contributed by atoms with E-state index < -0.39 is 0 Å². The zero-order valence-electron chi connectivity index (χ0n) is 11.5. The Morgan fingerprint density at radius 1 is 1.53 bits per heavy atom. The van der Waals surface area contributed by atoms with Gasteiger partial charge in [0.2, 0.25) is 5.91 Å². The predicted molar refractivity (Wildman–Crippen MR) is 79.3 cm³/mol. The van der Waals surface area contributed by atoms with Crippen LogP contribution in [-0.2, 0) is 11.3 Å². The van der Waals surface area contributed by atoms with Crippen LogP contribution in [0.4, 0.5) is 0 Å². The van der Waals surface area contributed by atoms with Crippen LogP contribution < -0.4 is 10.6 Å².